The van der Waals surface area contributed by atoms with Crippen LogP contribution in [-0.4, -0.2) is 32.5 Å². The molecule has 0 spiro atoms. The number of hydrogen-bond acceptors (Lipinski definition) is 4. The van der Waals surface area contributed by atoms with Crippen molar-refractivity contribution in [3.63, 3.8) is 0 Å². The van der Waals surface area contributed by atoms with Crippen LogP contribution in [0.25, 0.3) is 0 Å². The van der Waals surface area contributed by atoms with Gasteiger partial charge in [-0.25, -0.2) is 0 Å². The zero-order chi connectivity index (χ0) is 18.2. The zero-order valence-electron chi connectivity index (χ0n) is 15.5. The average molecular weight is 344 g/mol. The monoisotopic (exact) mass is 344 g/mol. The number of methoxy groups -OCH3 is 2. The third kappa shape index (κ3) is 5.40. The Balaban J connectivity index is 2.01. The minimum atomic E-state index is 0.0538. The highest BCUT2D eigenvalue weighted by molar-refractivity contribution is 5.43. The van der Waals surface area contributed by atoms with Gasteiger partial charge in [0.05, 0.1) is 27.4 Å². The van der Waals surface area contributed by atoms with Gasteiger partial charge in [-0.05, 0) is 40.8 Å². The first-order valence-electron chi connectivity index (χ1n) is 8.62. The second kappa shape index (κ2) is 9.33. The van der Waals surface area contributed by atoms with Crippen molar-refractivity contribution in [1.29, 1.82) is 0 Å². The minimum Gasteiger partial charge on any atom is -0.497 e. The molecule has 0 radical (unpaired) electrons. The van der Waals surface area contributed by atoms with Crippen molar-refractivity contribution in [3.8, 4) is 11.5 Å². The van der Waals surface area contributed by atoms with Gasteiger partial charge in [-0.2, -0.15) is 0 Å². The standard InChI is InChI=1S/C21H28O4/c1-15(2)18-7-5-17(14-22)11-19(13-18)25-10-9-16-6-8-20(23-3)21(12-16)24-4/h5-8,12-13,15,22H,9-11,14H2,1-4H3. The summed E-state index contributed by atoms with van der Waals surface area (Å²) in [6.45, 7) is 4.94. The molecule has 1 N–H and O–H groups in total. The van der Waals surface area contributed by atoms with Gasteiger partial charge in [0.1, 0.15) is 5.76 Å². The Labute approximate surface area is 150 Å². The molecule has 0 unspecified atom stereocenters. The maximum atomic E-state index is 9.46. The van der Waals surface area contributed by atoms with Crippen LogP contribution >= 0.6 is 0 Å². The first-order valence-corrected chi connectivity index (χ1v) is 8.62. The summed E-state index contributed by atoms with van der Waals surface area (Å²) >= 11 is 0. The molecule has 1 aliphatic rings. The Kier molecular flexibility index (Phi) is 7.14. The molecule has 0 bridgehead atoms. The second-order valence-electron chi connectivity index (χ2n) is 6.38. The Hall–Kier alpha value is -2.20. The quantitative estimate of drug-likeness (QED) is 0.773. The van der Waals surface area contributed by atoms with Crippen molar-refractivity contribution in [1.82, 2.24) is 0 Å². The molecule has 4 heteroatoms. The van der Waals surface area contributed by atoms with Gasteiger partial charge in [0.2, 0.25) is 0 Å². The molecular formula is C21H28O4. The summed E-state index contributed by atoms with van der Waals surface area (Å²) < 4.78 is 16.6. The third-order valence-electron chi connectivity index (χ3n) is 4.24. The van der Waals surface area contributed by atoms with E-state index in [0.29, 0.717) is 18.9 Å². The predicted molar refractivity (Wildman–Crippen MR) is 100.0 cm³/mol. The molecular weight excluding hydrogens is 316 g/mol. The lowest BCUT2D eigenvalue weighted by molar-refractivity contribution is 0.206. The van der Waals surface area contributed by atoms with E-state index in [2.05, 4.69) is 26.0 Å². The van der Waals surface area contributed by atoms with E-state index in [1.165, 1.54) is 5.57 Å². The fourth-order valence-corrected chi connectivity index (χ4v) is 2.68. The van der Waals surface area contributed by atoms with Crippen LogP contribution in [0, 0.1) is 5.92 Å². The summed E-state index contributed by atoms with van der Waals surface area (Å²) in [5.41, 5.74) is 3.31. The van der Waals surface area contributed by atoms with E-state index in [1.54, 1.807) is 14.2 Å². The Bertz CT molecular complexity index is 668. The SMILES string of the molecule is COc1ccc(CCOC2=CC(C(C)C)=CC=C(CO)C2)cc1OC. The van der Waals surface area contributed by atoms with Crippen molar-refractivity contribution in [2.45, 2.75) is 26.7 Å². The van der Waals surface area contributed by atoms with E-state index in [1.807, 2.05) is 24.3 Å². The molecule has 0 heterocycles. The zero-order valence-corrected chi connectivity index (χ0v) is 15.5. The number of benzene rings is 1. The summed E-state index contributed by atoms with van der Waals surface area (Å²) in [5, 5.41) is 9.46. The predicted octanol–water partition coefficient (Wildman–Crippen LogP) is 4.05. The molecule has 0 saturated heterocycles. The van der Waals surface area contributed by atoms with Crippen LogP contribution in [0.1, 0.15) is 25.8 Å². The lowest BCUT2D eigenvalue weighted by atomic mass is 10.0. The van der Waals surface area contributed by atoms with Crippen LogP contribution in [0.2, 0.25) is 0 Å². The number of allylic oxidation sites excluding steroid dienone is 5. The third-order valence-corrected chi connectivity index (χ3v) is 4.24. The maximum Gasteiger partial charge on any atom is 0.160 e. The average Bonchev–Trinajstić information content (AvgIpc) is 2.84. The topological polar surface area (TPSA) is 47.9 Å². The molecule has 4 nitrogen and oxygen atoms in total. The molecule has 0 atom stereocenters. The summed E-state index contributed by atoms with van der Waals surface area (Å²) in [4.78, 5) is 0. The lowest BCUT2D eigenvalue weighted by Crippen LogP contribution is -2.03. The summed E-state index contributed by atoms with van der Waals surface area (Å²) in [6, 6.07) is 5.90. The Morgan fingerprint density at radius 2 is 1.84 bits per heavy atom. The molecule has 0 amide bonds. The number of aliphatic hydroxyl groups is 1. The molecule has 0 aliphatic heterocycles. The molecule has 2 rings (SSSR count). The molecule has 1 aromatic carbocycles. The van der Waals surface area contributed by atoms with Crippen LogP contribution in [0.5, 0.6) is 11.5 Å². The first kappa shape index (κ1) is 19.1. The maximum absolute atomic E-state index is 9.46. The number of aliphatic hydroxyl groups excluding tert-OH is 1. The van der Waals surface area contributed by atoms with Crippen molar-refractivity contribution in [2.24, 2.45) is 5.92 Å². The van der Waals surface area contributed by atoms with E-state index in [-0.39, 0.29) is 6.61 Å². The van der Waals surface area contributed by atoms with E-state index in [0.717, 1.165) is 34.8 Å². The van der Waals surface area contributed by atoms with Gasteiger partial charge in [-0.15, -0.1) is 0 Å². The Morgan fingerprint density at radius 3 is 2.48 bits per heavy atom. The largest absolute Gasteiger partial charge is 0.497 e. The highest BCUT2D eigenvalue weighted by Gasteiger charge is 2.11. The van der Waals surface area contributed by atoms with Crippen LogP contribution in [0.15, 0.2) is 53.3 Å². The van der Waals surface area contributed by atoms with Crippen LogP contribution in [-0.2, 0) is 11.2 Å². The molecule has 136 valence electrons. The first-order chi connectivity index (χ1) is 12.1. The van der Waals surface area contributed by atoms with Crippen LogP contribution in [0.3, 0.4) is 0 Å². The van der Waals surface area contributed by atoms with Gasteiger partial charge in [0.15, 0.2) is 11.5 Å². The van der Waals surface area contributed by atoms with Crippen molar-refractivity contribution >= 4 is 0 Å². The molecule has 1 aromatic rings. The van der Waals surface area contributed by atoms with E-state index < -0.39 is 0 Å². The van der Waals surface area contributed by atoms with E-state index in [4.69, 9.17) is 14.2 Å². The second-order valence-corrected chi connectivity index (χ2v) is 6.38. The Morgan fingerprint density at radius 1 is 1.08 bits per heavy atom. The van der Waals surface area contributed by atoms with Gasteiger partial charge >= 0.3 is 0 Å². The van der Waals surface area contributed by atoms with Gasteiger partial charge in [-0.3, -0.25) is 0 Å². The smallest absolute Gasteiger partial charge is 0.160 e. The number of ether oxygens (including phenoxy) is 3. The molecule has 0 aromatic heterocycles. The minimum absolute atomic E-state index is 0.0538. The van der Waals surface area contributed by atoms with Gasteiger partial charge < -0.3 is 19.3 Å². The fourth-order valence-electron chi connectivity index (χ4n) is 2.68. The highest BCUT2D eigenvalue weighted by atomic mass is 16.5. The molecule has 0 fully saturated rings. The highest BCUT2D eigenvalue weighted by Crippen LogP contribution is 2.28. The molecule has 0 saturated carbocycles. The van der Waals surface area contributed by atoms with Crippen molar-refractivity contribution in [3.05, 3.63) is 58.9 Å². The normalized spacial score (nSPS) is 14.4. The van der Waals surface area contributed by atoms with Gasteiger partial charge in [-0.1, -0.05) is 32.1 Å². The van der Waals surface area contributed by atoms with Gasteiger partial charge in [0, 0.05) is 12.8 Å². The van der Waals surface area contributed by atoms with Crippen molar-refractivity contribution < 1.29 is 19.3 Å². The van der Waals surface area contributed by atoms with Gasteiger partial charge in [0.25, 0.3) is 0 Å². The fraction of sp³-hybridized carbons (Fsp3) is 0.429. The van der Waals surface area contributed by atoms with Crippen molar-refractivity contribution in [2.75, 3.05) is 27.4 Å². The lowest BCUT2D eigenvalue weighted by Gasteiger charge is -2.13. The number of rotatable bonds is 8. The summed E-state index contributed by atoms with van der Waals surface area (Å²) in [6.07, 6.45) is 7.58. The van der Waals surface area contributed by atoms with E-state index >= 15 is 0 Å². The number of hydrogen-bond donors (Lipinski definition) is 1. The van der Waals surface area contributed by atoms with E-state index in [9.17, 15) is 5.11 Å². The molecule has 25 heavy (non-hydrogen) atoms. The van der Waals surface area contributed by atoms with Crippen LogP contribution in [0.4, 0.5) is 0 Å². The summed E-state index contributed by atoms with van der Waals surface area (Å²) in [5.74, 6) is 2.77. The molecule has 1 aliphatic carbocycles. The summed E-state index contributed by atoms with van der Waals surface area (Å²) in [7, 11) is 3.27. The van der Waals surface area contributed by atoms with Crippen LogP contribution < -0.4 is 9.47 Å².